The number of imidazole rings is 1. The van der Waals surface area contributed by atoms with E-state index in [9.17, 15) is 18.0 Å². The number of hydrogen-bond acceptors (Lipinski definition) is 7. The average molecular weight is 568 g/mol. The van der Waals surface area contributed by atoms with Crippen LogP contribution in [0.5, 0.6) is 0 Å². The first kappa shape index (κ1) is 28.5. The third-order valence-electron chi connectivity index (χ3n) is 7.52. The summed E-state index contributed by atoms with van der Waals surface area (Å²) in [6.07, 6.45) is 0.593. The maximum Gasteiger partial charge on any atom is 0.416 e. The maximum atomic E-state index is 13.2. The van der Waals surface area contributed by atoms with Crippen LogP contribution in [0, 0.1) is 5.92 Å². The van der Waals surface area contributed by atoms with Gasteiger partial charge in [0.25, 0.3) is 0 Å². The van der Waals surface area contributed by atoms with Gasteiger partial charge in [0, 0.05) is 18.8 Å². The third kappa shape index (κ3) is 6.02. The van der Waals surface area contributed by atoms with Crippen LogP contribution in [0.1, 0.15) is 73.3 Å². The van der Waals surface area contributed by atoms with Crippen molar-refractivity contribution in [3.63, 3.8) is 0 Å². The van der Waals surface area contributed by atoms with Gasteiger partial charge in [0.1, 0.15) is 11.2 Å². The smallest absolute Gasteiger partial charge is 0.365 e. The summed E-state index contributed by atoms with van der Waals surface area (Å²) in [6.45, 7) is 6.38. The van der Waals surface area contributed by atoms with E-state index >= 15 is 0 Å². The van der Waals surface area contributed by atoms with Gasteiger partial charge in [-0.2, -0.15) is 13.2 Å². The molecule has 0 unspecified atom stereocenters. The minimum absolute atomic E-state index is 0.0560. The standard InChI is InChI=1S/C29H32F3N7O2/c1-16(2)20-12-13-33-22(14-20)27-37-25-23(39(27)15-18-8-10-21(11-9-18)29(30,31)32)24(34-17(3)19-6-5-7-19)35-26(36-25)28(40)38-41-4/h8-14,16-17,19H,5-7,15H2,1-4H3,(H,38,40)(H,34,35,36)/t17-/m1/s1. The molecule has 1 amide bonds. The fourth-order valence-corrected chi connectivity index (χ4v) is 4.91. The molecule has 3 aromatic heterocycles. The molecule has 0 spiro atoms. The summed E-state index contributed by atoms with van der Waals surface area (Å²) in [5.41, 5.74) is 4.55. The first-order chi connectivity index (χ1) is 19.5. The second-order valence-electron chi connectivity index (χ2n) is 10.7. The molecule has 1 fully saturated rings. The van der Waals surface area contributed by atoms with Gasteiger partial charge in [0.15, 0.2) is 17.3 Å². The summed E-state index contributed by atoms with van der Waals surface area (Å²) in [5, 5.41) is 3.47. The molecule has 4 aromatic rings. The lowest BCUT2D eigenvalue weighted by Crippen LogP contribution is -2.32. The molecule has 216 valence electrons. The van der Waals surface area contributed by atoms with Crippen LogP contribution < -0.4 is 10.8 Å². The van der Waals surface area contributed by atoms with E-state index in [1.807, 2.05) is 16.7 Å². The van der Waals surface area contributed by atoms with Gasteiger partial charge in [-0.15, -0.1) is 0 Å². The Morgan fingerprint density at radius 2 is 1.83 bits per heavy atom. The molecule has 1 aliphatic rings. The van der Waals surface area contributed by atoms with E-state index in [4.69, 9.17) is 9.82 Å². The van der Waals surface area contributed by atoms with Crippen molar-refractivity contribution in [2.24, 2.45) is 5.92 Å². The van der Waals surface area contributed by atoms with E-state index in [0.29, 0.717) is 34.3 Å². The Morgan fingerprint density at radius 3 is 2.44 bits per heavy atom. The van der Waals surface area contributed by atoms with Crippen molar-refractivity contribution >= 4 is 22.9 Å². The van der Waals surface area contributed by atoms with Gasteiger partial charge < -0.3 is 9.88 Å². The zero-order valence-electron chi connectivity index (χ0n) is 23.3. The molecule has 0 radical (unpaired) electrons. The lowest BCUT2D eigenvalue weighted by molar-refractivity contribution is -0.137. The number of nitrogens with one attached hydrogen (secondary N) is 2. The number of pyridine rings is 1. The topological polar surface area (TPSA) is 107 Å². The molecule has 5 rings (SSSR count). The highest BCUT2D eigenvalue weighted by molar-refractivity contribution is 5.95. The molecule has 0 bridgehead atoms. The highest BCUT2D eigenvalue weighted by atomic mass is 19.4. The highest BCUT2D eigenvalue weighted by Gasteiger charge is 2.31. The monoisotopic (exact) mass is 567 g/mol. The summed E-state index contributed by atoms with van der Waals surface area (Å²) < 4.78 is 41.6. The number of fused-ring (bicyclic) bond motifs is 1. The number of aromatic nitrogens is 5. The van der Waals surface area contributed by atoms with Gasteiger partial charge in [0.05, 0.1) is 12.7 Å². The van der Waals surface area contributed by atoms with Crippen molar-refractivity contribution < 1.29 is 22.8 Å². The molecule has 9 nitrogen and oxygen atoms in total. The second-order valence-corrected chi connectivity index (χ2v) is 10.7. The summed E-state index contributed by atoms with van der Waals surface area (Å²) in [7, 11) is 1.32. The summed E-state index contributed by atoms with van der Waals surface area (Å²) >= 11 is 0. The van der Waals surface area contributed by atoms with E-state index in [1.165, 1.54) is 19.2 Å². The maximum absolute atomic E-state index is 13.2. The number of halogens is 3. The Kier molecular flexibility index (Phi) is 7.94. The molecule has 1 aromatic carbocycles. The molecular formula is C29H32F3N7O2. The van der Waals surface area contributed by atoms with Crippen molar-refractivity contribution in [3.05, 3.63) is 65.1 Å². The predicted octanol–water partition coefficient (Wildman–Crippen LogP) is 5.97. The SMILES string of the molecule is CONC(=O)c1nc(N[C@H](C)C2CCC2)c2c(n1)nc(-c1cc(C(C)C)ccn1)n2Cc1ccc(C(F)(F)F)cc1. The third-order valence-corrected chi connectivity index (χ3v) is 7.52. The number of hydroxylamine groups is 1. The molecule has 0 aliphatic heterocycles. The van der Waals surface area contributed by atoms with E-state index in [1.54, 1.807) is 6.20 Å². The Balaban J connectivity index is 1.70. The number of carbonyl (C=O) groups is 1. The minimum Gasteiger partial charge on any atom is -0.365 e. The summed E-state index contributed by atoms with van der Waals surface area (Å²) in [4.78, 5) is 35.8. The van der Waals surface area contributed by atoms with Gasteiger partial charge in [-0.3, -0.25) is 14.6 Å². The zero-order valence-corrected chi connectivity index (χ0v) is 23.3. The van der Waals surface area contributed by atoms with Crippen LogP contribution in [0.2, 0.25) is 0 Å². The normalized spacial score (nSPS) is 14.7. The molecule has 3 heterocycles. The van der Waals surface area contributed by atoms with E-state index < -0.39 is 17.6 Å². The number of hydrogen-bond donors (Lipinski definition) is 2. The number of benzene rings is 1. The molecular weight excluding hydrogens is 535 g/mol. The number of anilines is 1. The van der Waals surface area contributed by atoms with Gasteiger partial charge >= 0.3 is 12.1 Å². The second kappa shape index (κ2) is 11.4. The Labute approximate surface area is 235 Å². The van der Waals surface area contributed by atoms with Crippen molar-refractivity contribution in [2.75, 3.05) is 12.4 Å². The Morgan fingerprint density at radius 1 is 1.10 bits per heavy atom. The quantitative estimate of drug-likeness (QED) is 0.240. The molecule has 0 saturated heterocycles. The van der Waals surface area contributed by atoms with Crippen LogP contribution >= 0.6 is 0 Å². The molecule has 2 N–H and O–H groups in total. The van der Waals surface area contributed by atoms with E-state index in [-0.39, 0.29) is 30.0 Å². The molecule has 1 saturated carbocycles. The molecule has 41 heavy (non-hydrogen) atoms. The number of amides is 1. The van der Waals surface area contributed by atoms with Crippen LogP contribution in [0.15, 0.2) is 42.6 Å². The van der Waals surface area contributed by atoms with Gasteiger partial charge in [-0.1, -0.05) is 32.4 Å². The summed E-state index contributed by atoms with van der Waals surface area (Å²) in [5.74, 6) is 0.784. The van der Waals surface area contributed by atoms with Crippen molar-refractivity contribution in [3.8, 4) is 11.5 Å². The van der Waals surface area contributed by atoms with Gasteiger partial charge in [0.2, 0.25) is 5.82 Å². The van der Waals surface area contributed by atoms with E-state index in [0.717, 1.165) is 37.0 Å². The fourth-order valence-electron chi connectivity index (χ4n) is 4.91. The number of rotatable bonds is 9. The van der Waals surface area contributed by atoms with Crippen LogP contribution in [-0.2, 0) is 17.6 Å². The number of alkyl halides is 3. The predicted molar refractivity (Wildman–Crippen MR) is 148 cm³/mol. The number of carbonyl (C=O) groups excluding carboxylic acids is 1. The molecule has 1 atom stereocenters. The van der Waals surface area contributed by atoms with Crippen LogP contribution in [0.4, 0.5) is 19.0 Å². The van der Waals surface area contributed by atoms with Gasteiger partial charge in [-0.25, -0.2) is 20.4 Å². The van der Waals surface area contributed by atoms with E-state index in [2.05, 4.69) is 46.5 Å². The highest BCUT2D eigenvalue weighted by Crippen LogP contribution is 2.34. The van der Waals surface area contributed by atoms with Crippen LogP contribution in [0.25, 0.3) is 22.7 Å². The van der Waals surface area contributed by atoms with Crippen molar-refractivity contribution in [1.82, 2.24) is 30.0 Å². The first-order valence-corrected chi connectivity index (χ1v) is 13.6. The van der Waals surface area contributed by atoms with Crippen molar-refractivity contribution in [1.29, 1.82) is 0 Å². The molecule has 1 aliphatic carbocycles. The van der Waals surface area contributed by atoms with Crippen molar-refractivity contribution in [2.45, 2.75) is 64.7 Å². The summed E-state index contributed by atoms with van der Waals surface area (Å²) in [6, 6.07) is 8.94. The molecule has 12 heteroatoms. The Hall–Kier alpha value is -4.06. The first-order valence-electron chi connectivity index (χ1n) is 13.6. The van der Waals surface area contributed by atoms with Gasteiger partial charge in [-0.05, 0) is 67.0 Å². The van der Waals surface area contributed by atoms with Crippen LogP contribution in [-0.4, -0.2) is 43.6 Å². The lowest BCUT2D eigenvalue weighted by atomic mass is 9.80. The van der Waals surface area contributed by atoms with Crippen LogP contribution in [0.3, 0.4) is 0 Å². The minimum atomic E-state index is -4.44. The number of nitrogens with zero attached hydrogens (tertiary/aromatic N) is 5. The average Bonchev–Trinajstić information content (AvgIpc) is 3.26. The largest absolute Gasteiger partial charge is 0.416 e. The Bertz CT molecular complexity index is 1550. The lowest BCUT2D eigenvalue weighted by Gasteiger charge is -2.32. The fraction of sp³-hybridized carbons (Fsp3) is 0.414. The zero-order chi connectivity index (χ0) is 29.3.